The first-order valence-corrected chi connectivity index (χ1v) is 0.651. The Morgan fingerprint density at radius 3 is 1.11 bits per heavy atom. The average Bonchev–Trinajstić information content (AvgIpc) is 0.811. The molecule has 0 saturated heterocycles. The van der Waals surface area contributed by atoms with Gasteiger partial charge in [0.2, 0.25) is 0 Å². The Morgan fingerprint density at radius 2 is 1.11 bits per heavy atom. The minimum atomic E-state index is -1.83. The maximum Gasteiger partial charge on any atom is 3.00 e. The zero-order chi connectivity index (χ0) is 3.58. The number of rotatable bonds is 0. The van der Waals surface area contributed by atoms with E-state index in [1.165, 1.54) is 0 Å². The Bertz CT molecular complexity index is 36.0. The van der Waals surface area contributed by atoms with Gasteiger partial charge in [-0.2, -0.15) is 0 Å². The van der Waals surface area contributed by atoms with Gasteiger partial charge in [-0.25, -0.2) is 4.79 Å². The molecule has 0 heterocycles. The quantitative estimate of drug-likeness (QED) is 0.460. The van der Waals surface area contributed by atoms with E-state index in [2.05, 4.69) is 0 Å². The second-order valence-electron chi connectivity index (χ2n) is 0.283. The van der Waals surface area contributed by atoms with Crippen molar-refractivity contribution in [2.75, 3.05) is 0 Å². The zero-order valence-electron chi connectivity index (χ0n) is 4.35. The Kier molecular flexibility index (Phi) is 206. The zero-order valence-corrected chi connectivity index (χ0v) is 7.71. The normalized spacial score (nSPS) is 2.67. The fourth-order valence-corrected chi connectivity index (χ4v) is 0. The van der Waals surface area contributed by atoms with Gasteiger partial charge in [0.05, 0.1) is 0 Å². The first-order valence-electron chi connectivity index (χ1n) is 0.651. The summed E-state index contributed by atoms with van der Waals surface area (Å²) in [6.07, 6.45) is -1.83. The molecule has 6 nitrogen and oxygen atoms in total. The molecule has 9 heavy (non-hydrogen) atoms. The molecule has 0 aromatic carbocycles. The van der Waals surface area contributed by atoms with Crippen molar-refractivity contribution in [2.45, 2.75) is 0 Å². The molecule has 0 aromatic heterocycles. The van der Waals surface area contributed by atoms with Crippen molar-refractivity contribution >= 4 is 61.3 Å². The summed E-state index contributed by atoms with van der Waals surface area (Å²) in [7, 11) is 0. The number of hydrogen-bond donors (Lipinski definition) is 2. The van der Waals surface area contributed by atoms with Gasteiger partial charge >= 0.3 is 61.3 Å². The van der Waals surface area contributed by atoms with Crippen LogP contribution in [0.1, 0.15) is 0 Å². The molecule has 0 radical (unpaired) electrons. The first-order chi connectivity index (χ1) is 1.73. The van der Waals surface area contributed by atoms with Crippen molar-refractivity contribution in [3.63, 3.8) is 0 Å². The number of hydrogen-bond acceptors (Lipinski definition) is 2. The van der Waals surface area contributed by atoms with E-state index in [1.54, 1.807) is 0 Å². The van der Waals surface area contributed by atoms with Crippen LogP contribution in [-0.4, -0.2) is 76.9 Å². The molecule has 0 aliphatic rings. The SMILES string of the molecule is O=C(O)O.[Al+3].[Ca+2].[O-2].[O-2].[OH-]. The minimum absolute atomic E-state index is 0. The van der Waals surface area contributed by atoms with Crippen molar-refractivity contribution in [3.05, 3.63) is 0 Å². The van der Waals surface area contributed by atoms with Crippen molar-refractivity contribution in [1.29, 1.82) is 0 Å². The fourth-order valence-electron chi connectivity index (χ4n) is 0. The molecule has 3 N–H and O–H groups in total. The number of carboxylic acid groups (broad SMARTS) is 2. The van der Waals surface area contributed by atoms with Crippen molar-refractivity contribution < 1.29 is 31.4 Å². The summed E-state index contributed by atoms with van der Waals surface area (Å²) in [5.74, 6) is 0. The van der Waals surface area contributed by atoms with Gasteiger partial charge in [-0.15, -0.1) is 0 Å². The molecular formula is CH3AlCaO6. The monoisotopic (exact) mass is 178 g/mol. The first kappa shape index (κ1) is 51.2. The van der Waals surface area contributed by atoms with Crippen LogP contribution < -0.4 is 0 Å². The molecule has 0 spiro atoms. The second-order valence-corrected chi connectivity index (χ2v) is 0.283. The fraction of sp³-hybridized carbons (Fsp3) is 0. The van der Waals surface area contributed by atoms with E-state index in [4.69, 9.17) is 15.0 Å². The summed E-state index contributed by atoms with van der Waals surface area (Å²) in [5, 5.41) is 13.9. The van der Waals surface area contributed by atoms with Crippen LogP contribution in [0.15, 0.2) is 0 Å². The minimum Gasteiger partial charge on any atom is -2.00 e. The summed E-state index contributed by atoms with van der Waals surface area (Å²) < 4.78 is 0. The van der Waals surface area contributed by atoms with Crippen molar-refractivity contribution in [1.82, 2.24) is 0 Å². The molecule has 0 saturated carbocycles. The molecule has 0 aromatic rings. The smallest absolute Gasteiger partial charge is 2.00 e. The maximum absolute atomic E-state index is 8.56. The predicted molar refractivity (Wildman–Crippen MR) is 25.5 cm³/mol. The third-order valence-corrected chi connectivity index (χ3v) is 0. The molecule has 0 unspecified atom stereocenters. The number of carbonyl (C=O) groups is 1. The summed E-state index contributed by atoms with van der Waals surface area (Å²) in [5.41, 5.74) is 0. The molecule has 0 fully saturated rings. The van der Waals surface area contributed by atoms with E-state index in [-0.39, 0.29) is 71.5 Å². The van der Waals surface area contributed by atoms with Gasteiger partial charge in [-0.05, 0) is 0 Å². The second kappa shape index (κ2) is 36.3. The standard InChI is InChI=1S/CH2O3.Al.Ca.H2O.2O/c2-1(3)4;;;;;/h(H2,2,3,4);;;1H2;;/q;+3;+2;;2*-2/p-1. The third kappa shape index (κ3) is 485. The van der Waals surface area contributed by atoms with Crippen LogP contribution in [0.25, 0.3) is 0 Å². The summed E-state index contributed by atoms with van der Waals surface area (Å²) in [6, 6.07) is 0. The van der Waals surface area contributed by atoms with Crippen LogP contribution in [0, 0.1) is 0 Å². The molecule has 0 rings (SSSR count). The van der Waals surface area contributed by atoms with Gasteiger partial charge < -0.3 is 26.6 Å². The summed E-state index contributed by atoms with van der Waals surface area (Å²) >= 11 is 0. The predicted octanol–water partition coefficient (Wildman–Crippen LogP) is -0.954. The van der Waals surface area contributed by atoms with Gasteiger partial charge in [0, 0.05) is 0 Å². The molecule has 0 aliphatic heterocycles. The van der Waals surface area contributed by atoms with E-state index in [0.717, 1.165) is 0 Å². The van der Waals surface area contributed by atoms with Gasteiger partial charge in [-0.3, -0.25) is 0 Å². The Balaban J connectivity index is -0.00000000450. The van der Waals surface area contributed by atoms with Crippen molar-refractivity contribution in [3.8, 4) is 0 Å². The Labute approximate surface area is 91.9 Å². The third-order valence-electron chi connectivity index (χ3n) is 0. The van der Waals surface area contributed by atoms with Gasteiger partial charge in [0.1, 0.15) is 0 Å². The van der Waals surface area contributed by atoms with Gasteiger partial charge in [-0.1, -0.05) is 0 Å². The van der Waals surface area contributed by atoms with Crippen LogP contribution in [0.3, 0.4) is 0 Å². The van der Waals surface area contributed by atoms with Crippen LogP contribution in [0.5, 0.6) is 0 Å². The van der Waals surface area contributed by atoms with E-state index in [0.29, 0.717) is 0 Å². The van der Waals surface area contributed by atoms with Crippen LogP contribution in [0.4, 0.5) is 4.79 Å². The van der Waals surface area contributed by atoms with Crippen LogP contribution in [-0.2, 0) is 11.0 Å². The summed E-state index contributed by atoms with van der Waals surface area (Å²) in [6.45, 7) is 0. The topological polar surface area (TPSA) is 145 Å². The molecule has 0 bridgehead atoms. The maximum atomic E-state index is 8.56. The largest absolute Gasteiger partial charge is 3.00 e. The van der Waals surface area contributed by atoms with Gasteiger partial charge in [0.25, 0.3) is 0 Å². The van der Waals surface area contributed by atoms with Gasteiger partial charge in [0.15, 0.2) is 0 Å². The average molecular weight is 178 g/mol. The van der Waals surface area contributed by atoms with E-state index >= 15 is 0 Å². The van der Waals surface area contributed by atoms with E-state index in [9.17, 15) is 0 Å². The molecule has 0 atom stereocenters. The molecule has 0 aliphatic carbocycles. The Morgan fingerprint density at radius 1 is 1.11 bits per heavy atom. The molecule has 8 heteroatoms. The van der Waals surface area contributed by atoms with E-state index < -0.39 is 6.16 Å². The Hall–Kier alpha value is 0.942. The molecular weight excluding hydrogens is 175 g/mol. The van der Waals surface area contributed by atoms with E-state index in [1.807, 2.05) is 0 Å². The van der Waals surface area contributed by atoms with Crippen molar-refractivity contribution in [2.24, 2.45) is 0 Å². The van der Waals surface area contributed by atoms with Crippen LogP contribution >= 0.6 is 0 Å². The molecule has 48 valence electrons. The molecule has 0 amide bonds. The summed E-state index contributed by atoms with van der Waals surface area (Å²) in [4.78, 5) is 8.56. The van der Waals surface area contributed by atoms with Crippen LogP contribution in [0.2, 0.25) is 0 Å².